The topological polar surface area (TPSA) is 69.6 Å². The van der Waals surface area contributed by atoms with Crippen molar-refractivity contribution in [1.29, 1.82) is 0 Å². The van der Waals surface area contributed by atoms with Crippen LogP contribution < -0.4 is 4.72 Å². The van der Waals surface area contributed by atoms with Gasteiger partial charge in [0.15, 0.2) is 0 Å². The third-order valence-corrected chi connectivity index (χ3v) is 5.38. The molecule has 0 radical (unpaired) electrons. The van der Waals surface area contributed by atoms with Crippen LogP contribution in [0.2, 0.25) is 0 Å². The summed E-state index contributed by atoms with van der Waals surface area (Å²) in [6.07, 6.45) is 2.28. The fourth-order valence-corrected chi connectivity index (χ4v) is 3.88. The average Bonchev–Trinajstić information content (AvgIpc) is 3.24. The number of nitrogens with zero attached hydrogens (tertiary/aromatic N) is 1. The molecule has 8 heteroatoms. The molecule has 0 saturated heterocycles. The molecule has 1 aliphatic rings. The molecule has 0 aliphatic heterocycles. The zero-order valence-corrected chi connectivity index (χ0v) is 14.0. The van der Waals surface area contributed by atoms with Gasteiger partial charge in [-0.15, -0.1) is 0 Å². The number of hydrogen-bond acceptors (Lipinski definition) is 4. The van der Waals surface area contributed by atoms with E-state index in [1.807, 2.05) is 7.05 Å². The van der Waals surface area contributed by atoms with Gasteiger partial charge in [0.05, 0.1) is 6.61 Å². The molecule has 1 aliphatic carbocycles. The van der Waals surface area contributed by atoms with Crippen molar-refractivity contribution in [3.63, 3.8) is 0 Å². The highest BCUT2D eigenvalue weighted by atomic mass is 79.9. The van der Waals surface area contributed by atoms with Crippen LogP contribution in [-0.4, -0.2) is 44.6 Å². The monoisotopic (exact) mass is 380 g/mol. The Labute approximate surface area is 132 Å². The SMILES string of the molecule is CN(CCNS(=O)(=O)c1cc(Br)cc(CO)c1F)C1CC1. The first kappa shape index (κ1) is 16.8. The van der Waals surface area contributed by atoms with Gasteiger partial charge < -0.3 is 10.0 Å². The van der Waals surface area contributed by atoms with Crippen molar-refractivity contribution in [2.45, 2.75) is 30.4 Å². The molecule has 21 heavy (non-hydrogen) atoms. The van der Waals surface area contributed by atoms with E-state index in [0.29, 0.717) is 17.1 Å². The summed E-state index contributed by atoms with van der Waals surface area (Å²) in [5, 5.41) is 9.07. The van der Waals surface area contributed by atoms with Crippen molar-refractivity contribution < 1.29 is 17.9 Å². The first-order chi connectivity index (χ1) is 9.85. The summed E-state index contributed by atoms with van der Waals surface area (Å²) in [6.45, 7) is 0.236. The average molecular weight is 381 g/mol. The lowest BCUT2D eigenvalue weighted by Gasteiger charge is -2.16. The van der Waals surface area contributed by atoms with Gasteiger partial charge in [0.25, 0.3) is 0 Å². The third kappa shape index (κ3) is 4.23. The third-order valence-electron chi connectivity index (χ3n) is 3.47. The lowest BCUT2D eigenvalue weighted by molar-refractivity contribution is 0.274. The fraction of sp³-hybridized carbons (Fsp3) is 0.538. The molecule has 0 heterocycles. The normalized spacial score (nSPS) is 15.7. The Bertz CT molecular complexity index is 620. The predicted octanol–water partition coefficient (Wildman–Crippen LogP) is 1.45. The molecule has 0 unspecified atom stereocenters. The van der Waals surface area contributed by atoms with E-state index in [0.717, 1.165) is 12.8 Å². The van der Waals surface area contributed by atoms with E-state index in [1.54, 1.807) is 0 Å². The first-order valence-corrected chi connectivity index (χ1v) is 8.91. The molecule has 1 aromatic carbocycles. The molecular formula is C13H18BrFN2O3S. The number of aliphatic hydroxyl groups excluding tert-OH is 1. The highest BCUT2D eigenvalue weighted by Gasteiger charge is 2.26. The Kier molecular flexibility index (Phi) is 5.37. The summed E-state index contributed by atoms with van der Waals surface area (Å²) in [5.41, 5.74) is -0.0557. The van der Waals surface area contributed by atoms with Crippen molar-refractivity contribution in [1.82, 2.24) is 9.62 Å². The van der Waals surface area contributed by atoms with Gasteiger partial charge >= 0.3 is 0 Å². The number of nitrogens with one attached hydrogen (secondary N) is 1. The first-order valence-electron chi connectivity index (χ1n) is 6.64. The number of benzene rings is 1. The van der Waals surface area contributed by atoms with E-state index < -0.39 is 27.3 Å². The standard InChI is InChI=1S/C13H18BrFN2O3S/c1-17(11-2-3-11)5-4-16-21(19,20)12-7-10(14)6-9(8-18)13(12)15/h6-7,11,16,18H,2-5,8H2,1H3. The quantitative estimate of drug-likeness (QED) is 0.750. The molecule has 5 nitrogen and oxygen atoms in total. The number of sulfonamides is 1. The Balaban J connectivity index is 2.09. The van der Waals surface area contributed by atoms with Gasteiger partial charge in [-0.3, -0.25) is 0 Å². The fourth-order valence-electron chi connectivity index (χ4n) is 2.06. The summed E-state index contributed by atoms with van der Waals surface area (Å²) in [6, 6.07) is 3.09. The van der Waals surface area contributed by atoms with Gasteiger partial charge in [0.1, 0.15) is 10.7 Å². The molecule has 1 saturated carbocycles. The van der Waals surface area contributed by atoms with Gasteiger partial charge in [0.2, 0.25) is 10.0 Å². The summed E-state index contributed by atoms with van der Waals surface area (Å²) >= 11 is 3.12. The Morgan fingerprint density at radius 1 is 1.48 bits per heavy atom. The van der Waals surface area contributed by atoms with E-state index in [2.05, 4.69) is 25.6 Å². The van der Waals surface area contributed by atoms with Crippen LogP contribution in [0.4, 0.5) is 4.39 Å². The minimum Gasteiger partial charge on any atom is -0.392 e. The zero-order valence-electron chi connectivity index (χ0n) is 11.6. The van der Waals surface area contributed by atoms with Crippen molar-refractivity contribution in [3.05, 3.63) is 28.0 Å². The van der Waals surface area contributed by atoms with E-state index in [1.165, 1.54) is 12.1 Å². The van der Waals surface area contributed by atoms with Gasteiger partial charge in [-0.2, -0.15) is 0 Å². The van der Waals surface area contributed by atoms with Gasteiger partial charge in [-0.1, -0.05) is 15.9 Å². The molecule has 1 fully saturated rings. The maximum Gasteiger partial charge on any atom is 0.243 e. The molecule has 0 spiro atoms. The van der Waals surface area contributed by atoms with Crippen molar-refractivity contribution in [2.75, 3.05) is 20.1 Å². The van der Waals surface area contributed by atoms with Gasteiger partial charge in [-0.25, -0.2) is 17.5 Å². The van der Waals surface area contributed by atoms with Crippen LogP contribution in [-0.2, 0) is 16.6 Å². The Morgan fingerprint density at radius 3 is 2.71 bits per heavy atom. The molecule has 1 aromatic rings. The second-order valence-corrected chi connectivity index (χ2v) is 7.80. The maximum absolute atomic E-state index is 14.1. The van der Waals surface area contributed by atoms with Crippen LogP contribution in [0, 0.1) is 5.82 Å². The highest BCUT2D eigenvalue weighted by Crippen LogP contribution is 2.25. The minimum atomic E-state index is -3.94. The Hall–Kier alpha value is -0.540. The van der Waals surface area contributed by atoms with Crippen LogP contribution in [0.5, 0.6) is 0 Å². The molecule has 2 rings (SSSR count). The van der Waals surface area contributed by atoms with Crippen molar-refractivity contribution in [3.8, 4) is 0 Å². The summed E-state index contributed by atoms with van der Waals surface area (Å²) in [5.74, 6) is -0.913. The lowest BCUT2D eigenvalue weighted by atomic mass is 10.2. The molecule has 118 valence electrons. The van der Waals surface area contributed by atoms with E-state index >= 15 is 0 Å². The van der Waals surface area contributed by atoms with Crippen molar-refractivity contribution >= 4 is 26.0 Å². The van der Waals surface area contributed by atoms with Gasteiger partial charge in [-0.05, 0) is 32.0 Å². The molecule has 0 atom stereocenters. The summed E-state index contributed by atoms with van der Waals surface area (Å²) < 4.78 is 41.2. The van der Waals surface area contributed by atoms with Crippen LogP contribution in [0.3, 0.4) is 0 Å². The number of likely N-dealkylation sites (N-methyl/N-ethyl adjacent to an activating group) is 1. The molecule has 0 amide bonds. The van der Waals surface area contributed by atoms with E-state index in [-0.39, 0.29) is 12.1 Å². The highest BCUT2D eigenvalue weighted by molar-refractivity contribution is 9.10. The van der Waals surface area contributed by atoms with Gasteiger partial charge in [0, 0.05) is 29.2 Å². The number of aliphatic hydroxyl groups is 1. The number of halogens is 2. The minimum absolute atomic E-state index is 0.0557. The molecular weight excluding hydrogens is 363 g/mol. The van der Waals surface area contributed by atoms with E-state index in [9.17, 15) is 12.8 Å². The molecule has 0 bridgehead atoms. The van der Waals surface area contributed by atoms with Crippen LogP contribution in [0.15, 0.2) is 21.5 Å². The van der Waals surface area contributed by atoms with Crippen LogP contribution in [0.25, 0.3) is 0 Å². The maximum atomic E-state index is 14.1. The predicted molar refractivity (Wildman–Crippen MR) is 80.9 cm³/mol. The van der Waals surface area contributed by atoms with E-state index in [4.69, 9.17) is 5.11 Å². The second kappa shape index (κ2) is 6.70. The number of hydrogen-bond donors (Lipinski definition) is 2. The summed E-state index contributed by atoms with van der Waals surface area (Å²) in [4.78, 5) is 1.63. The van der Waals surface area contributed by atoms with Crippen LogP contribution >= 0.6 is 15.9 Å². The zero-order chi connectivity index (χ0) is 15.6. The van der Waals surface area contributed by atoms with Crippen molar-refractivity contribution in [2.24, 2.45) is 0 Å². The summed E-state index contributed by atoms with van der Waals surface area (Å²) in [7, 11) is -2.00. The lowest BCUT2D eigenvalue weighted by Crippen LogP contribution is -2.34. The Morgan fingerprint density at radius 2 is 2.14 bits per heavy atom. The number of rotatable bonds is 7. The molecule has 0 aromatic heterocycles. The smallest absolute Gasteiger partial charge is 0.243 e. The second-order valence-electron chi connectivity index (χ2n) is 5.14. The molecule has 2 N–H and O–H groups in total. The van der Waals surface area contributed by atoms with Crippen LogP contribution in [0.1, 0.15) is 18.4 Å². The largest absolute Gasteiger partial charge is 0.392 e.